The fourth-order valence-electron chi connectivity index (χ4n) is 10.6. The molecular formula is C46H46N6O8. The van der Waals surface area contributed by atoms with Gasteiger partial charge in [0, 0.05) is 91.6 Å². The first-order valence-electron chi connectivity index (χ1n) is 21.0. The maximum Gasteiger partial charge on any atom is 0.262 e. The van der Waals surface area contributed by atoms with Crippen molar-refractivity contribution in [1.82, 2.24) is 24.8 Å². The Kier molecular flexibility index (Phi) is 8.83. The van der Waals surface area contributed by atoms with Crippen molar-refractivity contribution in [3.05, 3.63) is 84.3 Å². The van der Waals surface area contributed by atoms with E-state index in [9.17, 15) is 19.2 Å². The second kappa shape index (κ2) is 14.2. The number of hydrogen-bond donors (Lipinski definition) is 1. The zero-order valence-corrected chi connectivity index (χ0v) is 33.4. The minimum Gasteiger partial charge on any atom is -0.474 e. The molecule has 2 bridgehead atoms. The quantitative estimate of drug-likeness (QED) is 0.116. The lowest BCUT2D eigenvalue weighted by Gasteiger charge is -2.70. The summed E-state index contributed by atoms with van der Waals surface area (Å²) in [4.78, 5) is 62.1. The first kappa shape index (κ1) is 37.3. The highest BCUT2D eigenvalue weighted by molar-refractivity contribution is 6.23. The van der Waals surface area contributed by atoms with Gasteiger partial charge >= 0.3 is 0 Å². The molecule has 14 heteroatoms. The number of hydrogen-bond acceptors (Lipinski definition) is 11. The summed E-state index contributed by atoms with van der Waals surface area (Å²) in [6.07, 6.45) is 11.6. The summed E-state index contributed by atoms with van der Waals surface area (Å²) < 4.78 is 26.9. The number of ether oxygens (including phenoxy) is 4. The molecule has 0 spiro atoms. The van der Waals surface area contributed by atoms with Gasteiger partial charge < -0.3 is 28.4 Å². The number of fused-ring (bicyclic) bond motifs is 4. The van der Waals surface area contributed by atoms with Crippen molar-refractivity contribution in [2.75, 3.05) is 44.4 Å². The molecule has 6 heterocycles. The van der Waals surface area contributed by atoms with Crippen LogP contribution in [0.4, 0.5) is 5.69 Å². The minimum atomic E-state index is -0.974. The molecule has 4 aliphatic carbocycles. The molecule has 60 heavy (non-hydrogen) atoms. The molecule has 308 valence electrons. The molecule has 4 saturated carbocycles. The number of amides is 4. The molecule has 5 aromatic rings. The molecule has 4 amide bonds. The molecule has 6 fully saturated rings. The van der Waals surface area contributed by atoms with E-state index in [4.69, 9.17) is 18.9 Å². The van der Waals surface area contributed by atoms with Crippen LogP contribution in [0.1, 0.15) is 65.7 Å². The number of piperidine rings is 1. The lowest BCUT2D eigenvalue weighted by molar-refractivity contribution is -0.264. The van der Waals surface area contributed by atoms with Crippen molar-refractivity contribution >= 4 is 51.1 Å². The average Bonchev–Trinajstić information content (AvgIpc) is 3.62. The summed E-state index contributed by atoms with van der Waals surface area (Å²) in [5.74, 6) is -1.36. The molecule has 2 saturated heterocycles. The van der Waals surface area contributed by atoms with E-state index in [1.165, 1.54) is 16.4 Å². The SMILES string of the molecule is Cn1c2ccncc2c2ccc(-c3ccc(O[C@H]4C[C@H](OCC56CC(COCCOC7CN(c8ccc9c(c8)C(=O)N(C8CCC(=O)NC8=O)C9=O)C7)(C5)C6)C4)nc3)cc21. The zero-order valence-electron chi connectivity index (χ0n) is 33.4. The summed E-state index contributed by atoms with van der Waals surface area (Å²) in [5, 5.41) is 4.58. The Bertz CT molecular complexity index is 2560. The van der Waals surface area contributed by atoms with Crippen LogP contribution in [-0.4, -0.2) is 107 Å². The number of rotatable bonds is 14. The summed E-state index contributed by atoms with van der Waals surface area (Å²) in [5.41, 5.74) is 6.49. The van der Waals surface area contributed by atoms with Crippen molar-refractivity contribution in [3.8, 4) is 17.0 Å². The van der Waals surface area contributed by atoms with Gasteiger partial charge in [0.05, 0.1) is 55.3 Å². The maximum atomic E-state index is 13.2. The van der Waals surface area contributed by atoms with Crippen LogP contribution >= 0.6 is 0 Å². The van der Waals surface area contributed by atoms with Crippen molar-refractivity contribution in [2.24, 2.45) is 17.9 Å². The summed E-state index contributed by atoms with van der Waals surface area (Å²) >= 11 is 0. The van der Waals surface area contributed by atoms with Crippen molar-refractivity contribution < 1.29 is 38.1 Å². The first-order chi connectivity index (χ1) is 29.1. The van der Waals surface area contributed by atoms with Crippen LogP contribution in [0.25, 0.3) is 32.9 Å². The molecule has 1 atom stereocenters. The maximum absolute atomic E-state index is 13.2. The molecule has 3 aliphatic heterocycles. The van der Waals surface area contributed by atoms with E-state index in [1.54, 1.807) is 12.1 Å². The van der Waals surface area contributed by atoms with E-state index in [1.807, 2.05) is 30.7 Å². The van der Waals surface area contributed by atoms with Crippen LogP contribution in [0.5, 0.6) is 5.88 Å². The van der Waals surface area contributed by atoms with Gasteiger partial charge in [-0.3, -0.25) is 34.4 Å². The fraction of sp³-hybridized carbons (Fsp3) is 0.435. The summed E-state index contributed by atoms with van der Waals surface area (Å²) in [7, 11) is 2.09. The van der Waals surface area contributed by atoms with Gasteiger partial charge in [0.1, 0.15) is 12.1 Å². The van der Waals surface area contributed by atoms with Crippen molar-refractivity contribution in [2.45, 2.75) is 69.3 Å². The van der Waals surface area contributed by atoms with Crippen LogP contribution < -0.4 is 15.0 Å². The highest BCUT2D eigenvalue weighted by Gasteiger charge is 2.67. The van der Waals surface area contributed by atoms with Crippen molar-refractivity contribution in [1.29, 1.82) is 0 Å². The number of carbonyl (C=O) groups is 4. The number of aromatic nitrogens is 3. The molecular weight excluding hydrogens is 765 g/mol. The van der Waals surface area contributed by atoms with Crippen LogP contribution in [0, 0.1) is 10.8 Å². The predicted octanol–water partition coefficient (Wildman–Crippen LogP) is 5.21. The molecule has 14 nitrogen and oxygen atoms in total. The van der Waals surface area contributed by atoms with Gasteiger partial charge in [-0.05, 0) is 78.5 Å². The van der Waals surface area contributed by atoms with E-state index >= 15 is 0 Å². The van der Waals surface area contributed by atoms with E-state index in [-0.39, 0.29) is 47.7 Å². The van der Waals surface area contributed by atoms with Crippen LogP contribution in [0.15, 0.2) is 73.2 Å². The van der Waals surface area contributed by atoms with Gasteiger partial charge in [-0.25, -0.2) is 4.98 Å². The molecule has 0 radical (unpaired) electrons. The monoisotopic (exact) mass is 810 g/mol. The third-order valence-corrected chi connectivity index (χ3v) is 13.7. The predicted molar refractivity (Wildman–Crippen MR) is 219 cm³/mol. The number of carbonyl (C=O) groups excluding carboxylic acids is 4. The Morgan fingerprint density at radius 1 is 0.767 bits per heavy atom. The molecule has 2 aromatic carbocycles. The van der Waals surface area contributed by atoms with Crippen molar-refractivity contribution in [3.63, 3.8) is 0 Å². The number of imide groups is 2. The van der Waals surface area contributed by atoms with E-state index in [0.717, 1.165) is 72.4 Å². The Labute approximate surface area is 346 Å². The summed E-state index contributed by atoms with van der Waals surface area (Å²) in [6.45, 7) is 3.98. The van der Waals surface area contributed by atoms with E-state index in [2.05, 4.69) is 62.1 Å². The van der Waals surface area contributed by atoms with Crippen LogP contribution in [0.2, 0.25) is 0 Å². The zero-order chi connectivity index (χ0) is 40.8. The number of benzene rings is 2. The number of nitrogens with one attached hydrogen (secondary N) is 1. The molecule has 3 aromatic heterocycles. The topological polar surface area (TPSA) is 154 Å². The number of aryl methyl sites for hydroxylation is 1. The van der Waals surface area contributed by atoms with E-state index < -0.39 is 29.7 Å². The lowest BCUT2D eigenvalue weighted by atomic mass is 9.35. The molecule has 1 unspecified atom stereocenters. The van der Waals surface area contributed by atoms with Gasteiger partial charge in [0.15, 0.2) is 0 Å². The number of pyridine rings is 2. The minimum absolute atomic E-state index is 0.0593. The highest BCUT2D eigenvalue weighted by atomic mass is 16.5. The van der Waals surface area contributed by atoms with Crippen LogP contribution in [0.3, 0.4) is 0 Å². The van der Waals surface area contributed by atoms with E-state index in [0.29, 0.717) is 37.6 Å². The van der Waals surface area contributed by atoms with Gasteiger partial charge in [0.2, 0.25) is 17.7 Å². The standard InChI is InChI=1S/C46H46N6O8/c1-50-37-10-11-47-19-36(37)33-5-2-27(14-39(33)50)28-3-9-41(48-18-28)60-31-16-30(17-31)59-26-46-22-45(23-46,24-46)25-57-12-13-58-32-20-51(21-32)29-4-6-34-35(15-29)44(56)52(43(34)55)38-7-8-40(53)49-42(38)54/h2-6,9-11,14-15,18-19,30-32,38H,7-8,12-13,16-17,20-26H2,1H3,(H,49,53,54)/t30-,31-,38?,45?,46?. The highest BCUT2D eigenvalue weighted by Crippen LogP contribution is 2.73. The average molecular weight is 811 g/mol. The number of nitrogens with zero attached hydrogens (tertiary/aromatic N) is 5. The summed E-state index contributed by atoms with van der Waals surface area (Å²) in [6, 6.07) is 16.8. The first-order valence-corrected chi connectivity index (χ1v) is 21.0. The second-order valence-electron chi connectivity index (χ2n) is 17.9. The second-order valence-corrected chi connectivity index (χ2v) is 17.9. The third-order valence-electron chi connectivity index (χ3n) is 13.7. The third kappa shape index (κ3) is 6.34. The largest absolute Gasteiger partial charge is 0.474 e. The molecule has 1 N–H and O–H groups in total. The molecule has 7 aliphatic rings. The fourth-order valence-corrected chi connectivity index (χ4v) is 10.6. The normalized spacial score (nSPS) is 27.1. The Balaban J connectivity index is 0.561. The van der Waals surface area contributed by atoms with Crippen LogP contribution in [-0.2, 0) is 30.8 Å². The van der Waals surface area contributed by atoms with Gasteiger partial charge in [0.25, 0.3) is 11.8 Å². The van der Waals surface area contributed by atoms with Gasteiger partial charge in [-0.1, -0.05) is 12.1 Å². The smallest absolute Gasteiger partial charge is 0.262 e. The van der Waals surface area contributed by atoms with Gasteiger partial charge in [-0.2, -0.15) is 0 Å². The molecule has 12 rings (SSSR count). The Morgan fingerprint density at radius 3 is 2.37 bits per heavy atom. The Hall–Kier alpha value is -5.70. The Morgan fingerprint density at radius 2 is 1.57 bits per heavy atom. The number of anilines is 1. The lowest BCUT2D eigenvalue weighted by Crippen LogP contribution is -2.66. The van der Waals surface area contributed by atoms with Gasteiger partial charge in [-0.15, -0.1) is 0 Å².